The van der Waals surface area contributed by atoms with Gasteiger partial charge in [-0.3, -0.25) is 0 Å². The summed E-state index contributed by atoms with van der Waals surface area (Å²) in [6.07, 6.45) is 0. The van der Waals surface area contributed by atoms with E-state index in [9.17, 15) is 10.5 Å². The van der Waals surface area contributed by atoms with E-state index in [0.717, 1.165) is 27.6 Å². The van der Waals surface area contributed by atoms with Crippen LogP contribution in [0.4, 0.5) is 0 Å². The van der Waals surface area contributed by atoms with Gasteiger partial charge in [0.05, 0.1) is 23.3 Å². The van der Waals surface area contributed by atoms with E-state index in [1.807, 2.05) is 24.3 Å². The Kier molecular flexibility index (Phi) is 8.83. The average molecular weight is 799 g/mol. The zero-order valence-corrected chi connectivity index (χ0v) is 33.5. The van der Waals surface area contributed by atoms with Gasteiger partial charge in [0.15, 0.2) is 0 Å². The van der Waals surface area contributed by atoms with Crippen molar-refractivity contribution in [2.75, 3.05) is 0 Å². The van der Waals surface area contributed by atoms with Crippen LogP contribution in [0.5, 0.6) is 0 Å². The van der Waals surface area contributed by atoms with E-state index in [1.54, 1.807) is 0 Å². The quantitative estimate of drug-likeness (QED) is 0.163. The molecule has 0 unspecified atom stereocenters. The summed E-state index contributed by atoms with van der Waals surface area (Å²) in [5.74, 6) is 0. The van der Waals surface area contributed by atoms with Gasteiger partial charge in [0.1, 0.15) is 0 Å². The molecule has 11 aromatic carbocycles. The summed E-state index contributed by atoms with van der Waals surface area (Å²) in [5, 5.41) is 28.8. The lowest BCUT2D eigenvalue weighted by molar-refractivity contribution is 1.48. The molecule has 0 fully saturated rings. The average Bonchev–Trinajstić information content (AvgIpc) is 3.66. The molecule has 0 atom stereocenters. The van der Waals surface area contributed by atoms with Crippen LogP contribution in [0.2, 0.25) is 0 Å². The van der Waals surface area contributed by atoms with Gasteiger partial charge in [-0.15, -0.1) is 0 Å². The van der Waals surface area contributed by atoms with Gasteiger partial charge in [0.2, 0.25) is 0 Å². The molecule has 1 aliphatic rings. The van der Waals surface area contributed by atoms with Gasteiger partial charge in [-0.2, -0.15) is 10.5 Å². The molecule has 0 saturated heterocycles. The number of rotatable bonds is 5. The van der Waals surface area contributed by atoms with Crippen molar-refractivity contribution in [3.8, 4) is 90.0 Å². The molecule has 292 valence electrons. The molecule has 1 aliphatic carbocycles. The molecule has 0 aliphatic heterocycles. The Hall–Kier alpha value is -8.56. The van der Waals surface area contributed by atoms with Crippen molar-refractivity contribution in [3.63, 3.8) is 0 Å². The van der Waals surface area contributed by atoms with Crippen LogP contribution in [0.25, 0.3) is 121 Å². The maximum absolute atomic E-state index is 9.67. The van der Waals surface area contributed by atoms with Gasteiger partial charge in [0, 0.05) is 0 Å². The van der Waals surface area contributed by atoms with Crippen LogP contribution in [0.1, 0.15) is 18.6 Å². The monoisotopic (exact) mass is 798 g/mol. The van der Waals surface area contributed by atoms with Crippen molar-refractivity contribution < 1.29 is 0 Å². The molecule has 0 amide bonds. The van der Waals surface area contributed by atoms with Crippen LogP contribution in [0.3, 0.4) is 0 Å². The lowest BCUT2D eigenvalue weighted by Gasteiger charge is -2.17. The fourth-order valence-corrected chi connectivity index (χ4v) is 9.85. The Bertz CT molecular complexity index is 3700. The first-order chi connectivity index (χ1) is 30.6. The van der Waals surface area contributed by atoms with Crippen molar-refractivity contribution in [2.45, 2.75) is 7.43 Å². The topological polar surface area (TPSA) is 47.6 Å². The Morgan fingerprint density at radius 3 is 1.21 bits per heavy atom. The second-order valence-electron chi connectivity index (χ2n) is 16.2. The van der Waals surface area contributed by atoms with Crippen molar-refractivity contribution in [1.29, 1.82) is 10.5 Å². The molecular weight excluding hydrogens is 761 g/mol. The predicted octanol–water partition coefficient (Wildman–Crippen LogP) is 16.7. The Balaban J connectivity index is 0.00000444. The van der Waals surface area contributed by atoms with Gasteiger partial charge in [-0.25, -0.2) is 0 Å². The minimum atomic E-state index is 0. The molecule has 0 heterocycles. The Morgan fingerprint density at radius 2 is 0.619 bits per heavy atom. The largest absolute Gasteiger partial charge is 0.192 e. The van der Waals surface area contributed by atoms with Crippen LogP contribution in [0, 0.1) is 22.7 Å². The van der Waals surface area contributed by atoms with Crippen LogP contribution < -0.4 is 0 Å². The molecule has 0 radical (unpaired) electrons. The molecule has 0 saturated carbocycles. The molecule has 2 heteroatoms. The molecule has 0 bridgehead atoms. The molecule has 11 aromatic rings. The van der Waals surface area contributed by atoms with Crippen molar-refractivity contribution in [1.82, 2.24) is 0 Å². The van der Waals surface area contributed by atoms with Crippen LogP contribution in [-0.4, -0.2) is 0 Å². The van der Waals surface area contributed by atoms with Crippen molar-refractivity contribution >= 4 is 43.1 Å². The highest BCUT2D eigenvalue weighted by Crippen LogP contribution is 2.53. The lowest BCUT2D eigenvalue weighted by Crippen LogP contribution is -1.91. The SMILES string of the molecule is C.N#Cc1ccc(-c2cc3c4cc5c(cc4c(-c4ccc(C#N)cc4)cc3c3ccccc23)-c2ccc(-c3ccc(-c4ccc(-c6ccccc6)cc4)cc3)c3cccc-5c23)cc1. The Labute approximate surface area is 366 Å². The van der Waals surface area contributed by atoms with E-state index in [4.69, 9.17) is 0 Å². The van der Waals surface area contributed by atoms with Crippen molar-refractivity contribution in [3.05, 3.63) is 217 Å². The second-order valence-corrected chi connectivity index (χ2v) is 16.2. The molecule has 0 aromatic heterocycles. The van der Waals surface area contributed by atoms with E-state index in [1.165, 1.54) is 93.3 Å². The lowest BCUT2D eigenvalue weighted by atomic mass is 9.86. The number of nitrogens with zero attached hydrogens (tertiary/aromatic N) is 2. The predicted molar refractivity (Wildman–Crippen MR) is 264 cm³/mol. The molecule has 0 spiro atoms. The maximum Gasteiger partial charge on any atom is 0.0991 e. The van der Waals surface area contributed by atoms with Crippen LogP contribution in [-0.2, 0) is 0 Å². The number of fused-ring (bicyclic) bond motifs is 8. The Morgan fingerprint density at radius 1 is 0.238 bits per heavy atom. The summed E-state index contributed by atoms with van der Waals surface area (Å²) >= 11 is 0. The first-order valence-electron chi connectivity index (χ1n) is 20.9. The van der Waals surface area contributed by atoms with Gasteiger partial charge < -0.3 is 0 Å². The zero-order chi connectivity index (χ0) is 41.3. The van der Waals surface area contributed by atoms with E-state index in [2.05, 4.69) is 194 Å². The summed E-state index contributed by atoms with van der Waals surface area (Å²) in [4.78, 5) is 0. The van der Waals surface area contributed by atoms with Crippen LogP contribution >= 0.6 is 0 Å². The summed E-state index contributed by atoms with van der Waals surface area (Å²) in [7, 11) is 0. The number of nitriles is 2. The van der Waals surface area contributed by atoms with Gasteiger partial charge in [-0.1, -0.05) is 165 Å². The highest BCUT2D eigenvalue weighted by atomic mass is 14.3. The van der Waals surface area contributed by atoms with Gasteiger partial charge in [-0.05, 0) is 170 Å². The number of hydrogen-bond donors (Lipinski definition) is 0. The molecule has 12 rings (SSSR count). The highest BCUT2D eigenvalue weighted by molar-refractivity contribution is 6.27. The zero-order valence-electron chi connectivity index (χ0n) is 33.5. The summed E-state index contributed by atoms with van der Waals surface area (Å²) < 4.78 is 0. The summed E-state index contributed by atoms with van der Waals surface area (Å²) in [5.41, 5.74) is 17.9. The fraction of sp³-hybridized carbons (Fsp3) is 0.0164. The summed E-state index contributed by atoms with van der Waals surface area (Å²) in [6, 6.07) is 78.3. The van der Waals surface area contributed by atoms with Crippen LogP contribution in [0.15, 0.2) is 206 Å². The summed E-state index contributed by atoms with van der Waals surface area (Å²) in [6.45, 7) is 0. The third-order valence-corrected chi connectivity index (χ3v) is 12.9. The highest BCUT2D eigenvalue weighted by Gasteiger charge is 2.25. The first kappa shape index (κ1) is 37.4. The van der Waals surface area contributed by atoms with E-state index >= 15 is 0 Å². The third-order valence-electron chi connectivity index (χ3n) is 12.9. The van der Waals surface area contributed by atoms with E-state index < -0.39 is 0 Å². The fourth-order valence-electron chi connectivity index (χ4n) is 9.85. The smallest absolute Gasteiger partial charge is 0.0991 e. The molecule has 0 N–H and O–H groups in total. The van der Waals surface area contributed by atoms with E-state index in [-0.39, 0.29) is 7.43 Å². The van der Waals surface area contributed by atoms with Gasteiger partial charge in [0.25, 0.3) is 0 Å². The third kappa shape index (κ3) is 6.01. The van der Waals surface area contributed by atoms with Crippen molar-refractivity contribution in [2.24, 2.45) is 0 Å². The number of benzene rings is 11. The molecule has 63 heavy (non-hydrogen) atoms. The second kappa shape index (κ2) is 14.9. The maximum atomic E-state index is 9.67. The van der Waals surface area contributed by atoms with E-state index in [0.29, 0.717) is 11.1 Å². The minimum Gasteiger partial charge on any atom is -0.192 e. The van der Waals surface area contributed by atoms with Gasteiger partial charge >= 0.3 is 0 Å². The standard InChI is InChI=1S/C60H34N2.CH4/c61-35-37-13-17-44(18-14-37)52-31-58-54(48-10-5-4-9-47(48)52)32-53(45-19-15-38(36-62)16-20-45)57-33-56-51-30-29-46(49-11-6-12-50(60(49)51)55(56)34-59(57)58)43-27-25-42(26-28-43)41-23-21-40(22-24-41)39-7-2-1-3-8-39;/h1-34H;1H4. The first-order valence-corrected chi connectivity index (χ1v) is 20.9. The minimum absolute atomic E-state index is 0. The number of hydrogen-bond acceptors (Lipinski definition) is 2. The molecule has 2 nitrogen and oxygen atoms in total. The molecular formula is C61H38N2. The normalized spacial score (nSPS) is 11.3.